The molecule has 2 bridgehead atoms. The van der Waals surface area contributed by atoms with Crippen LogP contribution in [0.15, 0.2) is 30.7 Å². The van der Waals surface area contributed by atoms with E-state index >= 15 is 0 Å². The van der Waals surface area contributed by atoms with Crippen molar-refractivity contribution >= 4 is 23.1 Å². The van der Waals surface area contributed by atoms with Gasteiger partial charge in [-0.15, -0.1) is 0 Å². The summed E-state index contributed by atoms with van der Waals surface area (Å²) in [7, 11) is 0. The molecular weight excluding hydrogens is 418 g/mol. The molecule has 0 radical (unpaired) electrons. The number of aromatic nitrogens is 4. The number of aliphatic hydroxyl groups is 1. The van der Waals surface area contributed by atoms with Crippen molar-refractivity contribution in [1.29, 1.82) is 0 Å². The molecule has 0 spiro atoms. The zero-order valence-electron chi connectivity index (χ0n) is 18.0. The summed E-state index contributed by atoms with van der Waals surface area (Å²) in [5.74, 6) is -3.98. The SMILES string of the molecule is CC(C)(O)Cn1cc(Nc2nccc(C3=CC4CCC(C3)N4C(=O)[C@@H]3CC3(F)F)n2)cn1. The minimum Gasteiger partial charge on any atom is -0.389 e. The molecule has 4 heterocycles. The van der Waals surface area contributed by atoms with Crippen LogP contribution in [0, 0.1) is 5.92 Å². The number of hydrogen-bond acceptors (Lipinski definition) is 6. The van der Waals surface area contributed by atoms with Gasteiger partial charge in [-0.1, -0.05) is 6.08 Å². The van der Waals surface area contributed by atoms with Crippen molar-refractivity contribution in [2.45, 2.75) is 69.7 Å². The second-order valence-corrected chi connectivity index (χ2v) is 9.59. The molecule has 2 fully saturated rings. The number of carbonyl (C=O) groups is 1. The summed E-state index contributed by atoms with van der Waals surface area (Å²) in [6, 6.07) is 1.61. The van der Waals surface area contributed by atoms with Crippen LogP contribution in [-0.4, -0.2) is 59.3 Å². The van der Waals surface area contributed by atoms with Gasteiger partial charge in [0.25, 0.3) is 5.92 Å². The number of halogens is 2. The Bertz CT molecular complexity index is 1080. The van der Waals surface area contributed by atoms with E-state index in [0.29, 0.717) is 24.6 Å². The highest BCUT2D eigenvalue weighted by atomic mass is 19.3. The highest BCUT2D eigenvalue weighted by molar-refractivity contribution is 5.85. The number of carbonyl (C=O) groups excluding carboxylic acids is 1. The summed E-state index contributed by atoms with van der Waals surface area (Å²) in [5.41, 5.74) is 1.59. The molecule has 1 saturated heterocycles. The summed E-state index contributed by atoms with van der Waals surface area (Å²) in [5, 5.41) is 17.3. The van der Waals surface area contributed by atoms with Crippen LogP contribution >= 0.6 is 0 Å². The minimum absolute atomic E-state index is 0.0599. The number of alkyl halides is 2. The normalized spacial score (nSPS) is 26.1. The van der Waals surface area contributed by atoms with Crippen molar-refractivity contribution in [2.24, 2.45) is 5.92 Å². The van der Waals surface area contributed by atoms with Crippen molar-refractivity contribution in [1.82, 2.24) is 24.6 Å². The Morgan fingerprint density at radius 2 is 2.16 bits per heavy atom. The van der Waals surface area contributed by atoms with E-state index in [1.54, 1.807) is 42.0 Å². The van der Waals surface area contributed by atoms with E-state index in [1.807, 2.05) is 12.1 Å². The third kappa shape index (κ3) is 4.11. The maximum atomic E-state index is 13.4. The Morgan fingerprint density at radius 1 is 1.38 bits per heavy atom. The summed E-state index contributed by atoms with van der Waals surface area (Å²) in [4.78, 5) is 23.1. The van der Waals surface area contributed by atoms with E-state index in [2.05, 4.69) is 20.4 Å². The number of fused-ring (bicyclic) bond motifs is 2. The smallest absolute Gasteiger partial charge is 0.260 e. The van der Waals surface area contributed by atoms with E-state index in [-0.39, 0.29) is 18.5 Å². The number of amides is 1. The van der Waals surface area contributed by atoms with Crippen molar-refractivity contribution in [3.63, 3.8) is 0 Å². The minimum atomic E-state index is -2.84. The quantitative estimate of drug-likeness (QED) is 0.711. The first kappa shape index (κ1) is 21.0. The van der Waals surface area contributed by atoms with Crippen LogP contribution in [0.5, 0.6) is 0 Å². The predicted octanol–water partition coefficient (Wildman–Crippen LogP) is 2.99. The van der Waals surface area contributed by atoms with Crippen LogP contribution in [0.2, 0.25) is 0 Å². The zero-order valence-corrected chi connectivity index (χ0v) is 18.0. The summed E-state index contributed by atoms with van der Waals surface area (Å²) >= 11 is 0. The van der Waals surface area contributed by atoms with Gasteiger partial charge in [0.15, 0.2) is 0 Å². The van der Waals surface area contributed by atoms with Crippen LogP contribution in [0.4, 0.5) is 20.4 Å². The lowest BCUT2D eigenvalue weighted by Gasteiger charge is -2.34. The zero-order chi connectivity index (χ0) is 22.7. The fourth-order valence-electron chi connectivity index (χ4n) is 4.66. The molecule has 2 aromatic heterocycles. The molecule has 3 atom stereocenters. The summed E-state index contributed by atoms with van der Waals surface area (Å²) in [6.45, 7) is 3.78. The van der Waals surface area contributed by atoms with Crippen molar-refractivity contribution < 1.29 is 18.7 Å². The Morgan fingerprint density at radius 3 is 2.84 bits per heavy atom. The lowest BCUT2D eigenvalue weighted by atomic mass is 9.98. The van der Waals surface area contributed by atoms with Gasteiger partial charge in [-0.05, 0) is 44.7 Å². The number of anilines is 2. The van der Waals surface area contributed by atoms with Crippen LogP contribution in [0.3, 0.4) is 0 Å². The molecule has 2 N–H and O–H groups in total. The van der Waals surface area contributed by atoms with Gasteiger partial charge < -0.3 is 15.3 Å². The van der Waals surface area contributed by atoms with Gasteiger partial charge in [0.05, 0.1) is 35.8 Å². The molecule has 10 heteroatoms. The number of rotatable bonds is 6. The number of nitrogens with zero attached hydrogens (tertiary/aromatic N) is 5. The summed E-state index contributed by atoms with van der Waals surface area (Å²) in [6.07, 6.45) is 8.93. The van der Waals surface area contributed by atoms with Crippen LogP contribution in [0.25, 0.3) is 5.57 Å². The highest BCUT2D eigenvalue weighted by Crippen LogP contribution is 2.51. The molecule has 2 aliphatic heterocycles. The molecule has 5 rings (SSSR count). The van der Waals surface area contributed by atoms with Gasteiger partial charge >= 0.3 is 0 Å². The fraction of sp³-hybridized carbons (Fsp3) is 0.545. The van der Waals surface area contributed by atoms with Gasteiger partial charge in [0, 0.05) is 24.9 Å². The van der Waals surface area contributed by atoms with E-state index in [9.17, 15) is 18.7 Å². The van der Waals surface area contributed by atoms with Crippen molar-refractivity contribution in [3.8, 4) is 0 Å². The van der Waals surface area contributed by atoms with Crippen LogP contribution in [0.1, 0.15) is 45.2 Å². The van der Waals surface area contributed by atoms with Crippen molar-refractivity contribution in [2.75, 3.05) is 5.32 Å². The topological polar surface area (TPSA) is 96.2 Å². The molecule has 32 heavy (non-hydrogen) atoms. The van der Waals surface area contributed by atoms with Gasteiger partial charge in [-0.25, -0.2) is 18.7 Å². The maximum absolute atomic E-state index is 13.4. The van der Waals surface area contributed by atoms with Gasteiger partial charge in [0.1, 0.15) is 5.92 Å². The molecule has 1 aliphatic carbocycles. The van der Waals surface area contributed by atoms with Crippen LogP contribution < -0.4 is 5.32 Å². The first-order valence-corrected chi connectivity index (χ1v) is 10.8. The lowest BCUT2D eigenvalue weighted by Crippen LogP contribution is -2.44. The molecule has 1 saturated carbocycles. The van der Waals surface area contributed by atoms with E-state index in [0.717, 1.165) is 24.1 Å². The average molecular weight is 444 g/mol. The van der Waals surface area contributed by atoms with E-state index in [1.165, 1.54) is 0 Å². The van der Waals surface area contributed by atoms with Gasteiger partial charge in [-0.2, -0.15) is 5.10 Å². The average Bonchev–Trinajstić information content (AvgIpc) is 3.00. The Labute approximate surface area is 184 Å². The molecule has 2 unspecified atom stereocenters. The third-order valence-electron chi connectivity index (χ3n) is 6.20. The second kappa shape index (κ2) is 7.33. The van der Waals surface area contributed by atoms with Gasteiger partial charge in [-0.3, -0.25) is 9.48 Å². The fourth-order valence-corrected chi connectivity index (χ4v) is 4.66. The largest absolute Gasteiger partial charge is 0.389 e. The standard InChI is InChI=1S/C22H26F2N6O2/c1-21(2,32)12-29-11-14(10-26-29)27-20-25-6-5-18(28-20)13-7-15-3-4-16(8-13)30(15)19(31)17-9-22(17,23)24/h5-7,10-11,15-17,32H,3-4,8-9,12H2,1-2H3,(H,25,27,28)/t15?,16?,17-/m0/s1. The molecular formula is C22H26F2N6O2. The predicted molar refractivity (Wildman–Crippen MR) is 113 cm³/mol. The Kier molecular flexibility index (Phi) is 4.81. The third-order valence-corrected chi connectivity index (χ3v) is 6.20. The number of hydrogen-bond donors (Lipinski definition) is 2. The first-order chi connectivity index (χ1) is 15.1. The first-order valence-electron chi connectivity index (χ1n) is 10.8. The Hall–Kier alpha value is -2.88. The molecule has 1 amide bonds. The maximum Gasteiger partial charge on any atom is 0.260 e. The molecule has 8 nitrogen and oxygen atoms in total. The lowest BCUT2D eigenvalue weighted by molar-refractivity contribution is -0.137. The Balaban J connectivity index is 1.30. The number of nitrogens with one attached hydrogen (secondary N) is 1. The molecule has 170 valence electrons. The van der Waals surface area contributed by atoms with Crippen molar-refractivity contribution in [3.05, 3.63) is 36.4 Å². The monoisotopic (exact) mass is 444 g/mol. The summed E-state index contributed by atoms with van der Waals surface area (Å²) < 4.78 is 28.5. The second-order valence-electron chi connectivity index (χ2n) is 9.59. The van der Waals surface area contributed by atoms with Crippen LogP contribution in [-0.2, 0) is 11.3 Å². The molecule has 3 aliphatic rings. The highest BCUT2D eigenvalue weighted by Gasteiger charge is 2.63. The van der Waals surface area contributed by atoms with E-state index < -0.39 is 23.3 Å². The van der Waals surface area contributed by atoms with Gasteiger partial charge in [0.2, 0.25) is 11.9 Å². The molecule has 0 aromatic carbocycles. The van der Waals surface area contributed by atoms with E-state index in [4.69, 9.17) is 0 Å². The molecule has 2 aromatic rings.